The zero-order valence-corrected chi connectivity index (χ0v) is 23.6. The lowest BCUT2D eigenvalue weighted by Crippen LogP contribution is -2.46. The van der Waals surface area contributed by atoms with E-state index in [0.717, 1.165) is 5.30 Å². The second kappa shape index (κ2) is 12.8. The topological polar surface area (TPSA) is 53.8 Å². The molecule has 40 heavy (non-hydrogen) atoms. The molecule has 1 aliphatic heterocycles. The average molecular weight is 604 g/mol. The van der Waals surface area contributed by atoms with Crippen LogP contribution in [0.25, 0.3) is 5.65 Å². The summed E-state index contributed by atoms with van der Waals surface area (Å²) in [5.41, 5.74) is -3.85. The van der Waals surface area contributed by atoms with Gasteiger partial charge in [0.2, 0.25) is 0 Å². The zero-order valence-electron chi connectivity index (χ0n) is 21.9. The lowest BCUT2D eigenvalue weighted by molar-refractivity contribution is -0.0493. The summed E-state index contributed by atoms with van der Waals surface area (Å²) in [5.74, 6) is 5.36. The maximum Gasteiger partial charge on any atom is 0.447 e. The number of likely N-dealkylation sites (tertiary alicyclic amines) is 1. The fourth-order valence-corrected chi connectivity index (χ4v) is 5.67. The van der Waals surface area contributed by atoms with Gasteiger partial charge in [0.15, 0.2) is 5.65 Å². The van der Waals surface area contributed by atoms with Gasteiger partial charge in [0.05, 0.1) is 24.0 Å². The molecule has 3 aromatic rings. The molecule has 1 aliphatic rings. The van der Waals surface area contributed by atoms with Crippen LogP contribution in [0.15, 0.2) is 41.6 Å². The van der Waals surface area contributed by atoms with Gasteiger partial charge < -0.3 is 20.3 Å². The maximum absolute atomic E-state index is 14.6. The largest absolute Gasteiger partial charge is 0.447 e. The second-order valence-electron chi connectivity index (χ2n) is 9.36. The van der Waals surface area contributed by atoms with Crippen molar-refractivity contribution in [2.45, 2.75) is 35.8 Å². The molecule has 2 atom stereocenters. The molecule has 2 aromatic heterocycles. The number of rotatable bonds is 8. The molecule has 0 amide bonds. The van der Waals surface area contributed by atoms with Crippen LogP contribution in [0.2, 0.25) is 0 Å². The van der Waals surface area contributed by atoms with Crippen molar-refractivity contribution >= 4 is 42.0 Å². The van der Waals surface area contributed by atoms with E-state index in [1.54, 1.807) is 24.3 Å². The van der Waals surface area contributed by atoms with Gasteiger partial charge in [-0.1, -0.05) is 19.9 Å². The molecule has 3 heterocycles. The van der Waals surface area contributed by atoms with E-state index in [2.05, 4.69) is 32.2 Å². The molecular formula is C26H28F6N5OPS. The zero-order chi connectivity index (χ0) is 29.0. The minimum absolute atomic E-state index is 0.0395. The molecule has 14 heteroatoms. The van der Waals surface area contributed by atoms with Crippen LogP contribution in [0.5, 0.6) is 5.75 Å². The Labute approximate surface area is 233 Å². The molecule has 216 valence electrons. The Morgan fingerprint density at radius 3 is 2.67 bits per heavy atom. The first-order valence-electron chi connectivity index (χ1n) is 12.3. The molecule has 0 bridgehead atoms. The number of thioether (sulfide) groups is 1. The minimum atomic E-state index is -4.60. The molecule has 1 aromatic carbocycles. The summed E-state index contributed by atoms with van der Waals surface area (Å²) >= 11 is -0.345. The van der Waals surface area contributed by atoms with E-state index in [9.17, 15) is 26.3 Å². The third kappa shape index (κ3) is 7.68. The molecule has 0 aliphatic carbocycles. The van der Waals surface area contributed by atoms with Crippen LogP contribution in [0.4, 0.5) is 37.7 Å². The molecule has 0 saturated carbocycles. The number of nitrogens with one attached hydrogen (secondary N) is 2. The first-order chi connectivity index (χ1) is 18.9. The van der Waals surface area contributed by atoms with Gasteiger partial charge in [0.25, 0.3) is 0 Å². The van der Waals surface area contributed by atoms with Crippen LogP contribution < -0.4 is 20.7 Å². The Hall–Kier alpha value is -2.81. The summed E-state index contributed by atoms with van der Waals surface area (Å²) in [6, 6.07) is 7.62. The Morgan fingerprint density at radius 1 is 1.23 bits per heavy atom. The van der Waals surface area contributed by atoms with Crippen molar-refractivity contribution in [1.82, 2.24) is 14.3 Å². The molecule has 0 spiro atoms. The lowest BCUT2D eigenvalue weighted by atomic mass is 10.0. The monoisotopic (exact) mass is 603 g/mol. The van der Waals surface area contributed by atoms with Gasteiger partial charge in [-0.3, -0.25) is 4.40 Å². The highest BCUT2D eigenvalue weighted by Gasteiger charge is 2.33. The normalized spacial score (nSPS) is 18.2. The Bertz CT molecular complexity index is 1390. The third-order valence-corrected chi connectivity index (χ3v) is 8.30. The van der Waals surface area contributed by atoms with E-state index in [0.29, 0.717) is 18.7 Å². The number of pyridine rings is 1. The van der Waals surface area contributed by atoms with E-state index in [-0.39, 0.29) is 52.7 Å². The number of alkyl halides is 6. The van der Waals surface area contributed by atoms with Crippen LogP contribution in [-0.4, -0.2) is 78.6 Å². The van der Waals surface area contributed by atoms with Crippen molar-refractivity contribution in [3.8, 4) is 17.6 Å². The maximum atomic E-state index is 14.6. The molecule has 2 N–H and O–H groups in total. The molecule has 6 nitrogen and oxygen atoms in total. The van der Waals surface area contributed by atoms with Crippen LogP contribution >= 0.6 is 19.7 Å². The van der Waals surface area contributed by atoms with E-state index in [4.69, 9.17) is 0 Å². The number of ether oxygens (including phenoxy) is 1. The van der Waals surface area contributed by atoms with Crippen LogP contribution in [0, 0.1) is 11.8 Å². The van der Waals surface area contributed by atoms with Crippen molar-refractivity contribution in [2.24, 2.45) is 0 Å². The van der Waals surface area contributed by atoms with Crippen molar-refractivity contribution < 1.29 is 31.1 Å². The standard InChI is InChI=1S/C26H28F6N5OPS/c1-36-13-10-18(17(27)15-36)34-20-7-5-12-37-23(20)35-21(24(37)40-26(30,31)32)6-4-11-33-19-9-8-16(39(2)3)14-22(19)38-25(28)29/h5,7-9,12,14,17-18,25,33-34H,10-11,13,15H2,1-3H3. The van der Waals surface area contributed by atoms with Gasteiger partial charge in [0, 0.05) is 31.0 Å². The van der Waals surface area contributed by atoms with E-state index >= 15 is 0 Å². The van der Waals surface area contributed by atoms with Gasteiger partial charge in [-0.05, 0) is 62.3 Å². The number of hydrogen-bond donors (Lipinski definition) is 2. The highest BCUT2D eigenvalue weighted by atomic mass is 32.2. The SMILES string of the molecule is CN1CCC(Nc2cccn3c(SC(F)(F)F)c(C#CCNc4ccc(P(C)C)cc4OC(F)F)nc23)C(F)C1. The summed E-state index contributed by atoms with van der Waals surface area (Å²) in [6.07, 6.45) is 0.814. The van der Waals surface area contributed by atoms with Crippen molar-refractivity contribution in [1.29, 1.82) is 0 Å². The first kappa shape index (κ1) is 30.2. The fraction of sp³-hybridized carbons (Fsp3) is 0.423. The number of aromatic nitrogens is 2. The number of imidazole rings is 1. The molecule has 2 unspecified atom stereocenters. The van der Waals surface area contributed by atoms with E-state index < -0.39 is 32.3 Å². The predicted molar refractivity (Wildman–Crippen MR) is 148 cm³/mol. The highest BCUT2D eigenvalue weighted by molar-refractivity contribution is 8.00. The Balaban J connectivity index is 1.60. The highest BCUT2D eigenvalue weighted by Crippen LogP contribution is 2.40. The van der Waals surface area contributed by atoms with Gasteiger partial charge in [-0.2, -0.15) is 22.0 Å². The van der Waals surface area contributed by atoms with E-state index in [1.165, 1.54) is 16.7 Å². The number of hydrogen-bond acceptors (Lipinski definition) is 6. The molecule has 1 fully saturated rings. The summed E-state index contributed by atoms with van der Waals surface area (Å²) in [7, 11) is 1.28. The lowest BCUT2D eigenvalue weighted by Gasteiger charge is -2.33. The first-order valence-corrected chi connectivity index (χ1v) is 15.3. The van der Waals surface area contributed by atoms with Crippen LogP contribution in [0.1, 0.15) is 12.1 Å². The summed E-state index contributed by atoms with van der Waals surface area (Å²) in [5, 5.41) is 6.63. The van der Waals surface area contributed by atoms with Gasteiger partial charge in [-0.15, -0.1) is 0 Å². The number of benzene rings is 1. The molecule has 4 rings (SSSR count). The molecule has 1 saturated heterocycles. The smallest absolute Gasteiger partial charge is 0.433 e. The van der Waals surface area contributed by atoms with Crippen LogP contribution in [-0.2, 0) is 0 Å². The Morgan fingerprint density at radius 2 is 2.00 bits per heavy atom. The minimum Gasteiger partial charge on any atom is -0.433 e. The average Bonchev–Trinajstić information content (AvgIpc) is 3.20. The number of halogens is 6. The van der Waals surface area contributed by atoms with Crippen molar-refractivity contribution in [3.63, 3.8) is 0 Å². The fourth-order valence-electron chi connectivity index (χ4n) is 4.26. The summed E-state index contributed by atoms with van der Waals surface area (Å²) in [4.78, 5) is 6.23. The van der Waals surface area contributed by atoms with Crippen LogP contribution in [0.3, 0.4) is 0 Å². The van der Waals surface area contributed by atoms with E-state index in [1.807, 2.05) is 25.3 Å². The van der Waals surface area contributed by atoms with Gasteiger partial charge >= 0.3 is 12.1 Å². The number of fused-ring (bicyclic) bond motifs is 1. The van der Waals surface area contributed by atoms with Crippen molar-refractivity contribution in [3.05, 3.63) is 42.2 Å². The predicted octanol–water partition coefficient (Wildman–Crippen LogP) is 5.83. The third-order valence-electron chi connectivity index (χ3n) is 6.18. The number of anilines is 2. The summed E-state index contributed by atoms with van der Waals surface area (Å²) in [6.45, 7) is 1.79. The van der Waals surface area contributed by atoms with Gasteiger partial charge in [-0.25, -0.2) is 9.37 Å². The van der Waals surface area contributed by atoms with Crippen molar-refractivity contribution in [2.75, 3.05) is 50.6 Å². The quantitative estimate of drug-likeness (QED) is 0.146. The number of nitrogens with zero attached hydrogens (tertiary/aromatic N) is 3. The summed E-state index contributed by atoms with van der Waals surface area (Å²) < 4.78 is 86.8. The Kier molecular flexibility index (Phi) is 9.64. The van der Waals surface area contributed by atoms with Gasteiger partial charge in [0.1, 0.15) is 22.6 Å². The number of piperidine rings is 1. The molecule has 0 radical (unpaired) electrons. The molecular weight excluding hydrogens is 575 g/mol. The second-order valence-corrected chi connectivity index (χ2v) is 12.7.